The second-order valence-electron chi connectivity index (χ2n) is 14.6. The Bertz CT molecular complexity index is 2520. The fourth-order valence-electron chi connectivity index (χ4n) is 8.42. The quantitative estimate of drug-likeness (QED) is 0.105. The van der Waals surface area contributed by atoms with Crippen LogP contribution in [0.1, 0.15) is 77.6 Å². The van der Waals surface area contributed by atoms with E-state index >= 15 is 0 Å². The third kappa shape index (κ3) is 8.09. The van der Waals surface area contributed by atoms with Gasteiger partial charge in [-0.25, -0.2) is 0 Å². The van der Waals surface area contributed by atoms with Crippen molar-refractivity contribution in [3.05, 3.63) is 221 Å². The zero-order chi connectivity index (χ0) is 40.4. The molecule has 0 fully saturated rings. The second kappa shape index (κ2) is 18.7. The highest BCUT2D eigenvalue weighted by Gasteiger charge is 2.46. The molecule has 0 spiro atoms. The molecule has 1 heterocycles. The summed E-state index contributed by atoms with van der Waals surface area (Å²) in [6.07, 6.45) is 30.7. The van der Waals surface area contributed by atoms with Crippen molar-refractivity contribution in [1.29, 1.82) is 0 Å². The predicted molar refractivity (Wildman–Crippen MR) is 250 cm³/mol. The third-order valence-electron chi connectivity index (χ3n) is 11.3. The average molecular weight is 748 g/mol. The summed E-state index contributed by atoms with van der Waals surface area (Å²) in [7, 11) is 0. The SMILES string of the molecule is C\C=C/C=C(C)/C(/C=C\CN(C/C=C\C1=C(C)C(/C(C)=C/C=C\C)(c2ccccc2)c2ccc3c(oc4ccccc43)c21)c1ccc(C(/C=C\C)=C/C)cc1)=C/C. The van der Waals surface area contributed by atoms with E-state index in [1.165, 1.54) is 61.4 Å². The molecule has 0 saturated heterocycles. The van der Waals surface area contributed by atoms with E-state index < -0.39 is 5.41 Å². The molecule has 288 valence electrons. The number of benzene rings is 4. The fraction of sp³-hybridized carbons (Fsp3) is 0.200. The van der Waals surface area contributed by atoms with Gasteiger partial charge in [0, 0.05) is 35.1 Å². The summed E-state index contributed by atoms with van der Waals surface area (Å²) in [5.41, 5.74) is 14.9. The van der Waals surface area contributed by atoms with E-state index in [-0.39, 0.29) is 0 Å². The van der Waals surface area contributed by atoms with Crippen LogP contribution in [0, 0.1) is 0 Å². The first-order valence-electron chi connectivity index (χ1n) is 20.3. The maximum atomic E-state index is 6.80. The van der Waals surface area contributed by atoms with E-state index in [4.69, 9.17) is 4.42 Å². The summed E-state index contributed by atoms with van der Waals surface area (Å²) in [4.78, 5) is 2.44. The van der Waals surface area contributed by atoms with Crippen LogP contribution >= 0.6 is 0 Å². The Labute approximate surface area is 341 Å². The van der Waals surface area contributed by atoms with Gasteiger partial charge >= 0.3 is 0 Å². The monoisotopic (exact) mass is 747 g/mol. The Hall–Kier alpha value is -6.12. The van der Waals surface area contributed by atoms with Crippen LogP contribution in [0.3, 0.4) is 0 Å². The Morgan fingerprint density at radius 3 is 2.09 bits per heavy atom. The lowest BCUT2D eigenvalue weighted by molar-refractivity contribution is 0.664. The van der Waals surface area contributed by atoms with Crippen molar-refractivity contribution in [3.8, 4) is 0 Å². The summed E-state index contributed by atoms with van der Waals surface area (Å²) in [5, 5.41) is 2.29. The number of allylic oxidation sites excluding steroid dienone is 18. The number of furan rings is 1. The highest BCUT2D eigenvalue weighted by atomic mass is 16.3. The Morgan fingerprint density at radius 1 is 0.684 bits per heavy atom. The van der Waals surface area contributed by atoms with E-state index in [0.29, 0.717) is 0 Å². The molecule has 0 radical (unpaired) electrons. The van der Waals surface area contributed by atoms with Gasteiger partial charge in [0.1, 0.15) is 11.2 Å². The summed E-state index contributed by atoms with van der Waals surface area (Å²) in [6, 6.07) is 33.0. The van der Waals surface area contributed by atoms with Gasteiger partial charge < -0.3 is 9.32 Å². The summed E-state index contributed by atoms with van der Waals surface area (Å²) >= 11 is 0. The predicted octanol–water partition coefficient (Wildman–Crippen LogP) is 15.2. The average Bonchev–Trinajstić information content (AvgIpc) is 3.75. The smallest absolute Gasteiger partial charge is 0.143 e. The van der Waals surface area contributed by atoms with Gasteiger partial charge in [-0.1, -0.05) is 163 Å². The molecule has 6 rings (SSSR count). The highest BCUT2D eigenvalue weighted by Crippen LogP contribution is 2.57. The molecule has 1 atom stereocenters. The molecule has 0 aliphatic heterocycles. The largest absolute Gasteiger partial charge is 0.455 e. The Kier molecular flexibility index (Phi) is 13.3. The maximum Gasteiger partial charge on any atom is 0.143 e. The number of anilines is 1. The molecule has 1 aliphatic carbocycles. The first kappa shape index (κ1) is 40.5. The lowest BCUT2D eigenvalue weighted by Crippen LogP contribution is -2.29. The number of fused-ring (bicyclic) bond motifs is 5. The van der Waals surface area contributed by atoms with Crippen LogP contribution in [0.25, 0.3) is 33.1 Å². The first-order valence-corrected chi connectivity index (χ1v) is 20.3. The van der Waals surface area contributed by atoms with Crippen LogP contribution in [-0.4, -0.2) is 13.1 Å². The maximum absolute atomic E-state index is 6.80. The van der Waals surface area contributed by atoms with Crippen LogP contribution in [0.4, 0.5) is 5.69 Å². The van der Waals surface area contributed by atoms with Gasteiger partial charge in [0.2, 0.25) is 0 Å². The van der Waals surface area contributed by atoms with Crippen LogP contribution in [0.5, 0.6) is 0 Å². The minimum atomic E-state index is -0.458. The van der Waals surface area contributed by atoms with E-state index in [1.54, 1.807) is 0 Å². The fourth-order valence-corrected chi connectivity index (χ4v) is 8.42. The Balaban J connectivity index is 1.48. The van der Waals surface area contributed by atoms with Crippen LogP contribution < -0.4 is 4.90 Å². The molecular formula is C55H57NO. The topological polar surface area (TPSA) is 16.4 Å². The van der Waals surface area contributed by atoms with Crippen molar-refractivity contribution in [3.63, 3.8) is 0 Å². The molecule has 1 unspecified atom stereocenters. The molecule has 57 heavy (non-hydrogen) atoms. The van der Waals surface area contributed by atoms with Crippen LogP contribution in [0.2, 0.25) is 0 Å². The summed E-state index contributed by atoms with van der Waals surface area (Å²) < 4.78 is 6.80. The number of para-hydroxylation sites is 1. The molecule has 4 aromatic carbocycles. The second-order valence-corrected chi connectivity index (χ2v) is 14.6. The third-order valence-corrected chi connectivity index (χ3v) is 11.3. The molecule has 1 aromatic heterocycles. The Morgan fingerprint density at radius 2 is 1.39 bits per heavy atom. The van der Waals surface area contributed by atoms with Gasteiger partial charge in [-0.15, -0.1) is 0 Å². The van der Waals surface area contributed by atoms with E-state index in [1.807, 2.05) is 6.92 Å². The molecule has 0 saturated carbocycles. The standard InChI is InChI=1S/C55H57NO/c1-9-14-24-40(6)43(12-4)26-21-38-56(47-34-32-45(33-35-47)44(13-5)23-11-3)39-22-30-48-42(8)55(41(7)25-15-10-2,46-27-17-16-18-28-46)51-37-36-50-49-29-19-20-31-52(49)57-54(50)53(48)51/h9-37H,38-39H2,1-8H3/b14-9-,15-10-,23-11-,26-21-,30-22-,40-24+,41-25+,43-12+,44-13+. The number of rotatable bonds is 14. The minimum absolute atomic E-state index is 0.458. The first-order chi connectivity index (χ1) is 27.8. The highest BCUT2D eigenvalue weighted by molar-refractivity contribution is 6.11. The van der Waals surface area contributed by atoms with E-state index in [0.717, 1.165) is 35.0 Å². The van der Waals surface area contributed by atoms with Gasteiger partial charge in [0.05, 0.1) is 5.41 Å². The molecule has 5 aromatic rings. The number of hydrogen-bond acceptors (Lipinski definition) is 2. The minimum Gasteiger partial charge on any atom is -0.455 e. The summed E-state index contributed by atoms with van der Waals surface area (Å²) in [5.74, 6) is 0. The number of nitrogens with zero attached hydrogens (tertiary/aromatic N) is 1. The zero-order valence-corrected chi connectivity index (χ0v) is 35.0. The molecule has 2 heteroatoms. The number of hydrogen-bond donors (Lipinski definition) is 0. The van der Waals surface area contributed by atoms with Crippen LogP contribution in [-0.2, 0) is 5.41 Å². The van der Waals surface area contributed by atoms with Gasteiger partial charge in [-0.05, 0) is 118 Å². The van der Waals surface area contributed by atoms with Gasteiger partial charge in [0.25, 0.3) is 0 Å². The zero-order valence-electron chi connectivity index (χ0n) is 35.0. The van der Waals surface area contributed by atoms with Gasteiger partial charge in [0.15, 0.2) is 0 Å². The lowest BCUT2D eigenvalue weighted by Gasteiger charge is -2.35. The molecule has 0 N–H and O–H groups in total. The van der Waals surface area contributed by atoms with Crippen molar-refractivity contribution < 1.29 is 4.42 Å². The van der Waals surface area contributed by atoms with Crippen molar-refractivity contribution in [2.75, 3.05) is 18.0 Å². The molecule has 0 bridgehead atoms. The van der Waals surface area contributed by atoms with E-state index in [2.05, 4.69) is 229 Å². The molecule has 0 amide bonds. The van der Waals surface area contributed by atoms with Gasteiger partial charge in [-0.2, -0.15) is 0 Å². The van der Waals surface area contributed by atoms with Gasteiger partial charge in [-0.3, -0.25) is 0 Å². The van der Waals surface area contributed by atoms with Crippen molar-refractivity contribution in [1.82, 2.24) is 0 Å². The molecular weight excluding hydrogens is 691 g/mol. The lowest BCUT2D eigenvalue weighted by atomic mass is 9.67. The summed E-state index contributed by atoms with van der Waals surface area (Å²) in [6.45, 7) is 18.6. The molecule has 2 nitrogen and oxygen atoms in total. The van der Waals surface area contributed by atoms with Crippen molar-refractivity contribution in [2.45, 2.75) is 60.8 Å². The van der Waals surface area contributed by atoms with Crippen molar-refractivity contribution >= 4 is 38.8 Å². The van der Waals surface area contributed by atoms with Crippen LogP contribution in [0.15, 0.2) is 203 Å². The molecule has 1 aliphatic rings. The normalized spacial score (nSPS) is 17.3. The van der Waals surface area contributed by atoms with E-state index in [9.17, 15) is 0 Å². The van der Waals surface area contributed by atoms with Crippen molar-refractivity contribution in [2.24, 2.45) is 0 Å².